The van der Waals surface area contributed by atoms with Crippen molar-refractivity contribution in [1.82, 2.24) is 4.98 Å². The van der Waals surface area contributed by atoms with Gasteiger partial charge in [0.05, 0.1) is 19.6 Å². The van der Waals surface area contributed by atoms with Crippen LogP contribution < -0.4 is 15.4 Å². The molecule has 0 bridgehead atoms. The average molecular weight is 282 g/mol. The lowest BCUT2D eigenvalue weighted by Crippen LogP contribution is -2.24. The van der Waals surface area contributed by atoms with Crippen molar-refractivity contribution in [2.24, 2.45) is 0 Å². The molecule has 0 aliphatic heterocycles. The van der Waals surface area contributed by atoms with Crippen molar-refractivity contribution in [1.29, 1.82) is 5.26 Å². The van der Waals surface area contributed by atoms with Crippen LogP contribution in [-0.4, -0.2) is 18.6 Å². The van der Waals surface area contributed by atoms with Crippen LogP contribution in [0.25, 0.3) is 0 Å². The Kier molecular flexibility index (Phi) is 4.99. The minimum atomic E-state index is 0.442. The van der Waals surface area contributed by atoms with Gasteiger partial charge >= 0.3 is 0 Å². The van der Waals surface area contributed by atoms with E-state index >= 15 is 0 Å². The summed E-state index contributed by atoms with van der Waals surface area (Å²) in [6, 6.07) is 11.7. The predicted octanol–water partition coefficient (Wildman–Crippen LogP) is 2.59. The van der Waals surface area contributed by atoms with Gasteiger partial charge in [-0.2, -0.15) is 5.26 Å². The first-order valence-electron chi connectivity index (χ1n) is 6.68. The van der Waals surface area contributed by atoms with Crippen molar-refractivity contribution >= 4 is 11.4 Å². The zero-order valence-corrected chi connectivity index (χ0v) is 12.0. The Labute approximate surface area is 124 Å². The zero-order valence-electron chi connectivity index (χ0n) is 12.0. The van der Waals surface area contributed by atoms with Gasteiger partial charge in [0.15, 0.2) is 0 Å². The average Bonchev–Trinajstić information content (AvgIpc) is 2.51. The molecule has 0 aliphatic rings. The lowest BCUT2D eigenvalue weighted by molar-refractivity contribution is 0.415. The molecule has 0 fully saturated rings. The van der Waals surface area contributed by atoms with Gasteiger partial charge in [0.1, 0.15) is 5.75 Å². The van der Waals surface area contributed by atoms with Crippen LogP contribution in [0.3, 0.4) is 0 Å². The molecule has 2 aromatic rings. The van der Waals surface area contributed by atoms with E-state index in [1.54, 1.807) is 19.4 Å². The number of hydrogen-bond acceptors (Lipinski definition) is 5. The molecule has 0 saturated heterocycles. The van der Waals surface area contributed by atoms with E-state index in [0.29, 0.717) is 30.9 Å². The van der Waals surface area contributed by atoms with Crippen LogP contribution >= 0.6 is 0 Å². The van der Waals surface area contributed by atoms with Crippen LogP contribution in [0, 0.1) is 11.3 Å². The number of nitriles is 1. The number of anilines is 2. The summed E-state index contributed by atoms with van der Waals surface area (Å²) in [6.45, 7) is 1.29. The first kappa shape index (κ1) is 14.7. The summed E-state index contributed by atoms with van der Waals surface area (Å²) in [4.78, 5) is 6.22. The number of hydrogen-bond donors (Lipinski definition) is 1. The molecule has 1 aromatic carbocycles. The lowest BCUT2D eigenvalue weighted by Gasteiger charge is -2.24. The third-order valence-corrected chi connectivity index (χ3v) is 3.10. The Hall–Kier alpha value is -2.74. The normalized spacial score (nSPS) is 9.90. The summed E-state index contributed by atoms with van der Waals surface area (Å²) >= 11 is 0. The maximum Gasteiger partial charge on any atom is 0.122 e. The molecule has 0 unspecified atom stereocenters. The highest BCUT2D eigenvalue weighted by molar-refractivity contribution is 5.60. The standard InChI is InChI=1S/C16H18N4O/c1-21-16-9-14(18)8-15(10-16)20(7-3-5-17)12-13-4-2-6-19-11-13/h2,4,6,8-11H,3,7,12,18H2,1H3. The van der Waals surface area contributed by atoms with Crippen molar-refractivity contribution in [2.45, 2.75) is 13.0 Å². The van der Waals surface area contributed by atoms with E-state index in [9.17, 15) is 0 Å². The highest BCUT2D eigenvalue weighted by Crippen LogP contribution is 2.26. The smallest absolute Gasteiger partial charge is 0.122 e. The Balaban J connectivity index is 2.27. The third-order valence-electron chi connectivity index (χ3n) is 3.10. The summed E-state index contributed by atoms with van der Waals surface area (Å²) < 4.78 is 5.26. The van der Waals surface area contributed by atoms with Gasteiger partial charge in [0.25, 0.3) is 0 Å². The topological polar surface area (TPSA) is 75.2 Å². The zero-order chi connectivity index (χ0) is 15.1. The van der Waals surface area contributed by atoms with Crippen LogP contribution in [0.4, 0.5) is 11.4 Å². The van der Waals surface area contributed by atoms with Gasteiger partial charge in [-0.05, 0) is 17.7 Å². The van der Waals surface area contributed by atoms with Crippen LogP contribution in [0.15, 0.2) is 42.7 Å². The molecule has 0 amide bonds. The van der Waals surface area contributed by atoms with E-state index in [4.69, 9.17) is 15.7 Å². The van der Waals surface area contributed by atoms with Gasteiger partial charge in [-0.3, -0.25) is 4.98 Å². The molecule has 0 atom stereocenters. The monoisotopic (exact) mass is 282 g/mol. The van der Waals surface area contributed by atoms with Crippen molar-refractivity contribution in [2.75, 3.05) is 24.3 Å². The second kappa shape index (κ2) is 7.15. The molecule has 0 spiro atoms. The summed E-state index contributed by atoms with van der Waals surface area (Å²) in [6.07, 6.45) is 4.01. The molecule has 0 aliphatic carbocycles. The van der Waals surface area contributed by atoms with Crippen LogP contribution in [0.2, 0.25) is 0 Å². The summed E-state index contributed by atoms with van der Waals surface area (Å²) in [5, 5.41) is 8.85. The Bertz CT molecular complexity index is 622. The quantitative estimate of drug-likeness (QED) is 0.824. The molecular formula is C16H18N4O. The molecule has 108 valence electrons. The Morgan fingerprint density at radius 2 is 2.24 bits per heavy atom. The highest BCUT2D eigenvalue weighted by Gasteiger charge is 2.10. The molecule has 2 rings (SSSR count). The van der Waals surface area contributed by atoms with Gasteiger partial charge in [-0.1, -0.05) is 6.07 Å². The molecule has 21 heavy (non-hydrogen) atoms. The number of pyridine rings is 1. The highest BCUT2D eigenvalue weighted by atomic mass is 16.5. The van der Waals surface area contributed by atoms with Gasteiger partial charge < -0.3 is 15.4 Å². The largest absolute Gasteiger partial charge is 0.497 e. The van der Waals surface area contributed by atoms with Crippen LogP contribution in [-0.2, 0) is 6.54 Å². The van der Waals surface area contributed by atoms with E-state index in [1.807, 2.05) is 30.5 Å². The summed E-state index contributed by atoms with van der Waals surface area (Å²) in [5.41, 5.74) is 8.56. The molecule has 2 N–H and O–H groups in total. The van der Waals surface area contributed by atoms with E-state index in [-0.39, 0.29) is 0 Å². The molecule has 5 nitrogen and oxygen atoms in total. The third kappa shape index (κ3) is 4.11. The summed E-state index contributed by atoms with van der Waals surface area (Å²) in [7, 11) is 1.61. The number of nitrogen functional groups attached to an aromatic ring is 1. The van der Waals surface area contributed by atoms with Gasteiger partial charge in [0, 0.05) is 49.0 Å². The van der Waals surface area contributed by atoms with E-state index in [1.165, 1.54) is 0 Å². The maximum atomic E-state index is 8.85. The number of rotatable bonds is 6. The van der Waals surface area contributed by atoms with Crippen LogP contribution in [0.1, 0.15) is 12.0 Å². The number of nitrogens with zero attached hydrogens (tertiary/aromatic N) is 3. The molecular weight excluding hydrogens is 264 g/mol. The first-order valence-corrected chi connectivity index (χ1v) is 6.68. The maximum absolute atomic E-state index is 8.85. The first-order chi connectivity index (χ1) is 10.2. The Morgan fingerprint density at radius 3 is 2.90 bits per heavy atom. The van der Waals surface area contributed by atoms with Gasteiger partial charge in [-0.15, -0.1) is 0 Å². The predicted molar refractivity (Wildman–Crippen MR) is 82.9 cm³/mol. The SMILES string of the molecule is COc1cc(N)cc(N(CCC#N)Cc2cccnc2)c1. The number of nitrogens with two attached hydrogens (primary N) is 1. The van der Waals surface area contributed by atoms with Crippen molar-refractivity contribution in [3.8, 4) is 11.8 Å². The van der Waals surface area contributed by atoms with Crippen molar-refractivity contribution in [3.05, 3.63) is 48.3 Å². The fraction of sp³-hybridized carbons (Fsp3) is 0.250. The number of benzene rings is 1. The number of aromatic nitrogens is 1. The van der Waals surface area contributed by atoms with E-state index < -0.39 is 0 Å². The van der Waals surface area contributed by atoms with Gasteiger partial charge in [-0.25, -0.2) is 0 Å². The molecule has 0 saturated carbocycles. The number of ether oxygens (including phenoxy) is 1. The van der Waals surface area contributed by atoms with Crippen molar-refractivity contribution < 1.29 is 4.74 Å². The van der Waals surface area contributed by atoms with Gasteiger partial charge in [0.2, 0.25) is 0 Å². The van der Waals surface area contributed by atoms with Crippen LogP contribution in [0.5, 0.6) is 5.75 Å². The minimum absolute atomic E-state index is 0.442. The van der Waals surface area contributed by atoms with E-state index in [0.717, 1.165) is 11.3 Å². The van der Waals surface area contributed by atoms with Crippen molar-refractivity contribution in [3.63, 3.8) is 0 Å². The van der Waals surface area contributed by atoms with E-state index in [2.05, 4.69) is 16.0 Å². The number of methoxy groups -OCH3 is 1. The second-order valence-electron chi connectivity index (χ2n) is 4.66. The summed E-state index contributed by atoms with van der Waals surface area (Å²) in [5.74, 6) is 0.707. The fourth-order valence-electron chi connectivity index (χ4n) is 2.10. The molecule has 0 radical (unpaired) electrons. The Morgan fingerprint density at radius 1 is 1.38 bits per heavy atom. The fourth-order valence-corrected chi connectivity index (χ4v) is 2.10. The molecule has 5 heteroatoms. The molecule has 1 aromatic heterocycles. The molecule has 1 heterocycles. The lowest BCUT2D eigenvalue weighted by atomic mass is 10.2. The minimum Gasteiger partial charge on any atom is -0.497 e. The second-order valence-corrected chi connectivity index (χ2v) is 4.66.